The van der Waals surface area contributed by atoms with Crippen LogP contribution in [0.3, 0.4) is 0 Å². The number of anilines is 2. The normalized spacial score (nSPS) is 22.3. The van der Waals surface area contributed by atoms with Crippen molar-refractivity contribution in [3.8, 4) is 0 Å². The molecule has 2 heterocycles. The zero-order valence-electron chi connectivity index (χ0n) is 7.57. The van der Waals surface area contributed by atoms with Gasteiger partial charge >= 0.3 is 0 Å². The van der Waals surface area contributed by atoms with Crippen LogP contribution >= 0.6 is 0 Å². The predicted octanol–water partition coefficient (Wildman–Crippen LogP) is 1.20. The van der Waals surface area contributed by atoms with Crippen molar-refractivity contribution in [2.75, 3.05) is 11.1 Å². The van der Waals surface area contributed by atoms with Gasteiger partial charge in [0.2, 0.25) is 0 Å². The molecule has 14 heavy (non-hydrogen) atoms. The van der Waals surface area contributed by atoms with Crippen molar-refractivity contribution in [3.63, 3.8) is 0 Å². The topological polar surface area (TPSA) is 63.8 Å². The van der Waals surface area contributed by atoms with Gasteiger partial charge in [-0.2, -0.15) is 0 Å². The number of nitrogens with one attached hydrogen (secondary N) is 1. The maximum absolute atomic E-state index is 5.76. The quantitative estimate of drug-likeness (QED) is 0.639. The van der Waals surface area contributed by atoms with Crippen LogP contribution in [0.4, 0.5) is 11.5 Å². The smallest absolute Gasteiger partial charge is 0.150 e. The third-order valence-corrected chi connectivity index (χ3v) is 2.63. The first kappa shape index (κ1) is 7.55. The van der Waals surface area contributed by atoms with Gasteiger partial charge in [0.05, 0.1) is 11.7 Å². The fourth-order valence-corrected chi connectivity index (χ4v) is 1.94. The summed E-state index contributed by atoms with van der Waals surface area (Å²) in [5, 5.41) is 3.34. The van der Waals surface area contributed by atoms with E-state index in [0.717, 1.165) is 17.8 Å². The molecule has 0 saturated heterocycles. The summed E-state index contributed by atoms with van der Waals surface area (Å²) in [6.07, 6.45) is 8.77. The van der Waals surface area contributed by atoms with Crippen molar-refractivity contribution in [2.24, 2.45) is 0 Å². The van der Waals surface area contributed by atoms with Gasteiger partial charge in [-0.15, -0.1) is 0 Å². The standard InChI is InChI=1S/C10H10N4/c11-10-9-8(12-5-13-10)6-3-1-2-4-7(6)14-9/h1-3,5,7,14H,4H2,(H2,11,12,13). The minimum atomic E-state index is 0.328. The number of rotatable bonds is 0. The summed E-state index contributed by atoms with van der Waals surface area (Å²) in [5.74, 6) is 0.533. The number of nitrogens with two attached hydrogens (primary N) is 1. The highest BCUT2D eigenvalue weighted by atomic mass is 15.1. The molecule has 1 unspecified atom stereocenters. The highest BCUT2D eigenvalue weighted by Crippen LogP contribution is 2.38. The molecule has 3 rings (SSSR count). The van der Waals surface area contributed by atoms with Gasteiger partial charge in [-0.3, -0.25) is 0 Å². The Morgan fingerprint density at radius 1 is 1.43 bits per heavy atom. The van der Waals surface area contributed by atoms with Gasteiger partial charge in [-0.05, 0) is 6.42 Å². The summed E-state index contributed by atoms with van der Waals surface area (Å²) in [6, 6.07) is 0.328. The van der Waals surface area contributed by atoms with Gasteiger partial charge in [0.1, 0.15) is 12.0 Å². The highest BCUT2D eigenvalue weighted by molar-refractivity contribution is 5.90. The number of aromatic nitrogens is 2. The third kappa shape index (κ3) is 0.878. The molecule has 0 saturated carbocycles. The molecular weight excluding hydrogens is 176 g/mol. The Bertz CT molecular complexity index is 447. The third-order valence-electron chi connectivity index (χ3n) is 2.63. The lowest BCUT2D eigenvalue weighted by Gasteiger charge is -2.12. The number of fused-ring (bicyclic) bond motifs is 3. The summed E-state index contributed by atoms with van der Waals surface area (Å²) >= 11 is 0. The number of hydrogen-bond acceptors (Lipinski definition) is 4. The Kier molecular flexibility index (Phi) is 1.39. The molecule has 0 bridgehead atoms. The van der Waals surface area contributed by atoms with Crippen LogP contribution in [-0.2, 0) is 0 Å². The van der Waals surface area contributed by atoms with Gasteiger partial charge in [-0.1, -0.05) is 18.2 Å². The SMILES string of the molecule is Nc1ncnc2c1NC1CC=CC=C21. The van der Waals surface area contributed by atoms with E-state index in [-0.39, 0.29) is 0 Å². The lowest BCUT2D eigenvalue weighted by Crippen LogP contribution is -2.15. The van der Waals surface area contributed by atoms with Crippen LogP contribution in [0.1, 0.15) is 12.1 Å². The molecule has 1 aliphatic carbocycles. The molecule has 4 heteroatoms. The molecule has 0 radical (unpaired) electrons. The molecule has 0 aromatic carbocycles. The number of nitrogens with zero attached hydrogens (tertiary/aromatic N) is 2. The lowest BCUT2D eigenvalue weighted by atomic mass is 10.00. The van der Waals surface area contributed by atoms with Crippen molar-refractivity contribution in [1.29, 1.82) is 0 Å². The zero-order chi connectivity index (χ0) is 9.54. The van der Waals surface area contributed by atoms with E-state index in [2.05, 4.69) is 33.5 Å². The molecule has 0 fully saturated rings. The predicted molar refractivity (Wildman–Crippen MR) is 55.6 cm³/mol. The van der Waals surface area contributed by atoms with E-state index >= 15 is 0 Å². The minimum Gasteiger partial charge on any atom is -0.382 e. The molecular formula is C10H10N4. The fraction of sp³-hybridized carbons (Fsp3) is 0.200. The summed E-state index contributed by atoms with van der Waals surface area (Å²) in [7, 11) is 0. The molecule has 4 nitrogen and oxygen atoms in total. The van der Waals surface area contributed by atoms with E-state index in [1.54, 1.807) is 0 Å². The first-order chi connectivity index (χ1) is 6.86. The van der Waals surface area contributed by atoms with Crippen molar-refractivity contribution >= 4 is 17.1 Å². The van der Waals surface area contributed by atoms with E-state index in [1.807, 2.05) is 0 Å². The van der Waals surface area contributed by atoms with Crippen molar-refractivity contribution < 1.29 is 0 Å². The van der Waals surface area contributed by atoms with E-state index < -0.39 is 0 Å². The second-order valence-corrected chi connectivity index (χ2v) is 3.47. The summed E-state index contributed by atoms with van der Waals surface area (Å²) in [5.41, 5.74) is 8.82. The van der Waals surface area contributed by atoms with Crippen molar-refractivity contribution in [3.05, 3.63) is 30.2 Å². The minimum absolute atomic E-state index is 0.328. The van der Waals surface area contributed by atoms with Crippen LogP contribution in [0.15, 0.2) is 24.6 Å². The summed E-state index contributed by atoms with van der Waals surface area (Å²) in [4.78, 5) is 8.21. The summed E-state index contributed by atoms with van der Waals surface area (Å²) < 4.78 is 0. The molecule has 1 aromatic rings. The van der Waals surface area contributed by atoms with E-state index in [1.165, 1.54) is 11.9 Å². The average molecular weight is 186 g/mol. The second kappa shape index (κ2) is 2.57. The lowest BCUT2D eigenvalue weighted by molar-refractivity contribution is 0.927. The van der Waals surface area contributed by atoms with E-state index in [9.17, 15) is 0 Å². The van der Waals surface area contributed by atoms with Crippen molar-refractivity contribution in [2.45, 2.75) is 12.5 Å². The molecule has 1 aromatic heterocycles. The first-order valence-corrected chi connectivity index (χ1v) is 4.60. The van der Waals surface area contributed by atoms with Crippen LogP contribution in [0.25, 0.3) is 5.57 Å². The van der Waals surface area contributed by atoms with Crippen LogP contribution in [0.5, 0.6) is 0 Å². The Labute approximate surface area is 81.6 Å². The van der Waals surface area contributed by atoms with Crippen LogP contribution in [-0.4, -0.2) is 16.0 Å². The van der Waals surface area contributed by atoms with Crippen molar-refractivity contribution in [1.82, 2.24) is 9.97 Å². The summed E-state index contributed by atoms with van der Waals surface area (Å²) in [6.45, 7) is 0. The molecule has 0 spiro atoms. The zero-order valence-corrected chi connectivity index (χ0v) is 7.57. The first-order valence-electron chi connectivity index (χ1n) is 4.60. The second-order valence-electron chi connectivity index (χ2n) is 3.47. The number of allylic oxidation sites excluding steroid dienone is 2. The van der Waals surface area contributed by atoms with E-state index in [4.69, 9.17) is 5.73 Å². The molecule has 0 amide bonds. The Hall–Kier alpha value is -1.84. The molecule has 70 valence electrons. The van der Waals surface area contributed by atoms with Crippen LogP contribution in [0.2, 0.25) is 0 Å². The molecule has 3 N–H and O–H groups in total. The van der Waals surface area contributed by atoms with E-state index in [0.29, 0.717) is 11.9 Å². The Morgan fingerprint density at radius 3 is 3.29 bits per heavy atom. The molecule has 1 atom stereocenters. The van der Waals surface area contributed by atoms with Crippen LogP contribution < -0.4 is 11.1 Å². The maximum atomic E-state index is 5.76. The highest BCUT2D eigenvalue weighted by Gasteiger charge is 2.29. The van der Waals surface area contributed by atoms with Gasteiger partial charge < -0.3 is 11.1 Å². The molecule has 2 aliphatic rings. The van der Waals surface area contributed by atoms with Gasteiger partial charge in [-0.25, -0.2) is 9.97 Å². The van der Waals surface area contributed by atoms with Gasteiger partial charge in [0.25, 0.3) is 0 Å². The number of nitrogen functional groups attached to an aromatic ring is 1. The molecule has 1 aliphatic heterocycles. The Morgan fingerprint density at radius 2 is 2.36 bits per heavy atom. The largest absolute Gasteiger partial charge is 0.382 e. The number of hydrogen-bond donors (Lipinski definition) is 2. The van der Waals surface area contributed by atoms with Crippen LogP contribution in [0, 0.1) is 0 Å². The maximum Gasteiger partial charge on any atom is 0.150 e. The average Bonchev–Trinajstić information content (AvgIpc) is 2.59. The fourth-order valence-electron chi connectivity index (χ4n) is 1.94. The monoisotopic (exact) mass is 186 g/mol. The van der Waals surface area contributed by atoms with Gasteiger partial charge in [0, 0.05) is 5.57 Å². The Balaban J connectivity index is 2.20. The van der Waals surface area contributed by atoms with Gasteiger partial charge in [0.15, 0.2) is 5.82 Å².